The summed E-state index contributed by atoms with van der Waals surface area (Å²) >= 11 is 0. The normalized spacial score (nSPS) is 24.0. The van der Waals surface area contributed by atoms with Crippen LogP contribution in [0.1, 0.15) is 18.4 Å². The first-order valence-electron chi connectivity index (χ1n) is 8.71. The molecule has 5 rings (SSSR count). The van der Waals surface area contributed by atoms with Crippen molar-refractivity contribution in [2.75, 3.05) is 5.32 Å². The molecule has 1 aromatic heterocycles. The molecule has 1 N–H and O–H groups in total. The van der Waals surface area contributed by atoms with Crippen molar-refractivity contribution in [1.29, 1.82) is 5.26 Å². The fourth-order valence-electron chi connectivity index (χ4n) is 3.38. The van der Waals surface area contributed by atoms with E-state index in [9.17, 15) is 5.26 Å². The summed E-state index contributed by atoms with van der Waals surface area (Å²) in [7, 11) is 1.87. The van der Waals surface area contributed by atoms with E-state index in [1.165, 1.54) is 0 Å². The lowest BCUT2D eigenvalue weighted by molar-refractivity contribution is 0.591. The molecule has 1 unspecified atom stereocenters. The van der Waals surface area contributed by atoms with Gasteiger partial charge < -0.3 is 5.32 Å². The number of nitriles is 1. The van der Waals surface area contributed by atoms with Gasteiger partial charge in [0.1, 0.15) is 12.4 Å². The van der Waals surface area contributed by atoms with Crippen LogP contribution < -0.4 is 9.91 Å². The Labute approximate surface area is 156 Å². The smallest absolute Gasteiger partial charge is 0.287 e. The maximum absolute atomic E-state index is 9.34. The minimum Gasteiger partial charge on any atom is -0.320 e. The fraction of sp³-hybridized carbons (Fsp3) is 0.211. The standard InChI is InChI=1S/C19H17N8/c1-26-12-16(10-22-26)27-9-8-21-11-17(27)24-18(25-27)23-15-4-2-14(3-5-15)19(13-20)6-7-19/h2-5,8-12H,6-7H2,1H3,(H,23,25)/q+1. The van der Waals surface area contributed by atoms with Gasteiger partial charge in [0.15, 0.2) is 6.20 Å². The first-order valence-corrected chi connectivity index (χ1v) is 8.71. The van der Waals surface area contributed by atoms with Crippen molar-refractivity contribution >= 4 is 29.4 Å². The molecule has 1 aliphatic carbocycles. The maximum atomic E-state index is 9.34. The molecule has 27 heavy (non-hydrogen) atoms. The summed E-state index contributed by atoms with van der Waals surface area (Å²) in [6, 6.07) is 10.4. The third kappa shape index (κ3) is 2.40. The molecule has 8 nitrogen and oxygen atoms in total. The van der Waals surface area contributed by atoms with Crippen LogP contribution >= 0.6 is 0 Å². The average Bonchev–Trinajstić information content (AvgIpc) is 3.21. The molecule has 1 atom stereocenters. The number of fused-ring (bicyclic) bond motifs is 1. The van der Waals surface area contributed by atoms with E-state index >= 15 is 0 Å². The number of aromatic nitrogens is 2. The Morgan fingerprint density at radius 1 is 1.26 bits per heavy atom. The average molecular weight is 357 g/mol. The first-order chi connectivity index (χ1) is 13.1. The Balaban J connectivity index is 1.44. The van der Waals surface area contributed by atoms with Gasteiger partial charge >= 0.3 is 0 Å². The molecule has 8 heteroatoms. The summed E-state index contributed by atoms with van der Waals surface area (Å²) in [5.41, 5.74) is 2.55. The Morgan fingerprint density at radius 2 is 2.07 bits per heavy atom. The zero-order valence-electron chi connectivity index (χ0n) is 14.7. The van der Waals surface area contributed by atoms with E-state index in [4.69, 9.17) is 5.10 Å². The third-order valence-electron chi connectivity index (χ3n) is 5.12. The van der Waals surface area contributed by atoms with Crippen molar-refractivity contribution in [3.8, 4) is 6.07 Å². The van der Waals surface area contributed by atoms with Crippen molar-refractivity contribution in [3.63, 3.8) is 0 Å². The van der Waals surface area contributed by atoms with Gasteiger partial charge in [0.2, 0.25) is 5.69 Å². The summed E-state index contributed by atoms with van der Waals surface area (Å²) in [6.45, 7) is 0. The summed E-state index contributed by atoms with van der Waals surface area (Å²) < 4.78 is 1.84. The van der Waals surface area contributed by atoms with Crippen LogP contribution in [-0.2, 0) is 12.5 Å². The van der Waals surface area contributed by atoms with Crippen LogP contribution in [0.5, 0.6) is 0 Å². The number of quaternary nitrogens is 1. The summed E-state index contributed by atoms with van der Waals surface area (Å²) in [5, 5.41) is 21.6. The Hall–Kier alpha value is -3.57. The predicted molar refractivity (Wildman–Crippen MR) is 104 cm³/mol. The summed E-state index contributed by atoms with van der Waals surface area (Å²) in [4.78, 5) is 8.78. The molecule has 3 aliphatic rings. The lowest BCUT2D eigenvalue weighted by Crippen LogP contribution is -2.44. The van der Waals surface area contributed by atoms with Gasteiger partial charge in [-0.25, -0.2) is 0 Å². The van der Waals surface area contributed by atoms with E-state index in [0.717, 1.165) is 29.8 Å². The second-order valence-corrected chi connectivity index (χ2v) is 6.92. The molecular formula is C19H17N8+. The molecule has 0 spiro atoms. The van der Waals surface area contributed by atoms with Crippen molar-refractivity contribution in [2.24, 2.45) is 22.1 Å². The topological polar surface area (TPSA) is 90.7 Å². The molecule has 0 saturated heterocycles. The number of nitrogens with one attached hydrogen (secondary N) is 1. The number of nitrogens with zero attached hydrogens (tertiary/aromatic N) is 7. The minimum absolute atomic E-state index is 0.106. The van der Waals surface area contributed by atoms with Gasteiger partial charge in [-0.15, -0.1) is 0 Å². The van der Waals surface area contributed by atoms with Crippen molar-refractivity contribution in [1.82, 2.24) is 14.4 Å². The van der Waals surface area contributed by atoms with Gasteiger partial charge in [-0.05, 0) is 35.6 Å². The molecule has 0 bridgehead atoms. The number of anilines is 1. The highest BCUT2D eigenvalue weighted by Gasteiger charge is 2.45. The number of rotatable bonds is 3. The first kappa shape index (κ1) is 15.7. The predicted octanol–water partition coefficient (Wildman–Crippen LogP) is 2.63. The zero-order chi connectivity index (χ0) is 18.5. The quantitative estimate of drug-likeness (QED) is 0.856. The summed E-state index contributed by atoms with van der Waals surface area (Å²) in [6.07, 6.45) is 10.9. The van der Waals surface area contributed by atoms with Crippen LogP contribution in [0.15, 0.2) is 64.1 Å². The van der Waals surface area contributed by atoms with Gasteiger partial charge in [0.25, 0.3) is 11.8 Å². The molecule has 132 valence electrons. The maximum Gasteiger partial charge on any atom is 0.287 e. The highest BCUT2D eigenvalue weighted by molar-refractivity contribution is 6.38. The van der Waals surface area contributed by atoms with Gasteiger partial charge in [-0.2, -0.15) is 15.4 Å². The highest BCUT2D eigenvalue weighted by atomic mass is 15.7. The van der Waals surface area contributed by atoms with Crippen LogP contribution in [-0.4, -0.2) is 27.8 Å². The van der Waals surface area contributed by atoms with E-state index in [1.54, 1.807) is 23.3 Å². The number of amidine groups is 1. The number of guanidine groups is 1. The van der Waals surface area contributed by atoms with Crippen LogP contribution in [0.25, 0.3) is 0 Å². The molecule has 0 amide bonds. The van der Waals surface area contributed by atoms with E-state index in [1.807, 2.05) is 43.7 Å². The van der Waals surface area contributed by atoms with E-state index in [0.29, 0.717) is 11.8 Å². The van der Waals surface area contributed by atoms with Crippen molar-refractivity contribution < 1.29 is 0 Å². The van der Waals surface area contributed by atoms with Crippen LogP contribution in [0, 0.1) is 11.3 Å². The van der Waals surface area contributed by atoms with E-state index in [2.05, 4.69) is 26.5 Å². The lowest BCUT2D eigenvalue weighted by Gasteiger charge is -2.21. The summed E-state index contributed by atoms with van der Waals surface area (Å²) in [5.74, 6) is 1.20. The van der Waals surface area contributed by atoms with Crippen LogP contribution in [0.4, 0.5) is 11.4 Å². The fourth-order valence-corrected chi connectivity index (χ4v) is 3.38. The molecule has 1 saturated carbocycles. The van der Waals surface area contributed by atoms with Crippen LogP contribution in [0.3, 0.4) is 0 Å². The number of aryl methyl sites for hydroxylation is 1. The number of aliphatic imine (C=N–C) groups is 2. The van der Waals surface area contributed by atoms with Crippen LogP contribution in [0.2, 0.25) is 0 Å². The lowest BCUT2D eigenvalue weighted by atomic mass is 9.98. The number of hydrogen-bond donors (Lipinski definition) is 1. The van der Waals surface area contributed by atoms with Crippen molar-refractivity contribution in [2.45, 2.75) is 18.3 Å². The molecule has 1 fully saturated rings. The van der Waals surface area contributed by atoms with Gasteiger partial charge in [0, 0.05) is 12.7 Å². The Bertz CT molecular complexity index is 1080. The van der Waals surface area contributed by atoms with Crippen molar-refractivity contribution in [3.05, 3.63) is 54.6 Å². The monoisotopic (exact) mass is 357 g/mol. The third-order valence-corrected chi connectivity index (χ3v) is 5.12. The Kier molecular flexibility index (Phi) is 3.17. The molecule has 1 aromatic carbocycles. The number of hydrogen-bond acceptors (Lipinski definition) is 6. The molecular weight excluding hydrogens is 340 g/mol. The second-order valence-electron chi connectivity index (χ2n) is 6.92. The SMILES string of the molecule is Cn1cc([N+]23C=CN=CC2=NC(Nc2ccc(C4(C#N)CC4)cc2)=N3)cn1. The Morgan fingerprint density at radius 3 is 2.74 bits per heavy atom. The van der Waals surface area contributed by atoms with E-state index in [-0.39, 0.29) is 10.0 Å². The van der Waals surface area contributed by atoms with Gasteiger partial charge in [-0.1, -0.05) is 16.7 Å². The minimum atomic E-state index is -0.277. The molecule has 2 aliphatic heterocycles. The zero-order valence-corrected chi connectivity index (χ0v) is 14.7. The molecule has 0 radical (unpaired) electrons. The van der Waals surface area contributed by atoms with Gasteiger partial charge in [0.05, 0.1) is 23.9 Å². The highest BCUT2D eigenvalue weighted by Crippen LogP contribution is 2.47. The van der Waals surface area contributed by atoms with Gasteiger partial charge in [-0.3, -0.25) is 9.67 Å². The largest absolute Gasteiger partial charge is 0.320 e. The number of benzene rings is 1. The molecule has 3 heterocycles. The second kappa shape index (κ2) is 5.46. The van der Waals surface area contributed by atoms with E-state index < -0.39 is 0 Å². The molecule has 2 aromatic rings.